The molecule has 2 aromatic rings. The Hall–Kier alpha value is -1.53. The number of nitriles is 1. The Balaban J connectivity index is 2.68. The van der Waals surface area contributed by atoms with Crippen LogP contribution in [0.25, 0.3) is 5.52 Å². The van der Waals surface area contributed by atoms with Crippen LogP contribution in [-0.2, 0) is 6.42 Å². The van der Waals surface area contributed by atoms with Gasteiger partial charge in [-0.25, -0.2) is 4.98 Å². The Morgan fingerprint density at radius 2 is 2.36 bits per heavy atom. The summed E-state index contributed by atoms with van der Waals surface area (Å²) in [5.41, 5.74) is 1.31. The summed E-state index contributed by atoms with van der Waals surface area (Å²) >= 11 is 5.65. The van der Waals surface area contributed by atoms with E-state index in [1.54, 1.807) is 0 Å². The van der Waals surface area contributed by atoms with Crippen LogP contribution >= 0.6 is 11.6 Å². The summed E-state index contributed by atoms with van der Waals surface area (Å²) < 4.78 is 1.90. The minimum absolute atomic E-state index is 0.464. The summed E-state index contributed by atoms with van der Waals surface area (Å²) in [6.45, 7) is 0. The van der Waals surface area contributed by atoms with E-state index >= 15 is 0 Å². The van der Waals surface area contributed by atoms with Crippen LogP contribution in [0.2, 0.25) is 0 Å². The monoisotopic (exact) mass is 205 g/mol. The molecule has 0 radical (unpaired) electrons. The number of halogens is 1. The Bertz CT molecular complexity index is 496. The lowest BCUT2D eigenvalue weighted by Crippen LogP contribution is -1.94. The smallest absolute Gasteiger partial charge is 0.166 e. The van der Waals surface area contributed by atoms with Crippen molar-refractivity contribution in [2.75, 3.05) is 5.88 Å². The van der Waals surface area contributed by atoms with Gasteiger partial charge in [-0.2, -0.15) is 5.26 Å². The van der Waals surface area contributed by atoms with Crippen molar-refractivity contribution in [3.63, 3.8) is 0 Å². The van der Waals surface area contributed by atoms with Crippen LogP contribution in [-0.4, -0.2) is 15.3 Å². The van der Waals surface area contributed by atoms with Gasteiger partial charge in [0, 0.05) is 18.5 Å². The third-order valence-corrected chi connectivity index (χ3v) is 2.23. The molecule has 0 N–H and O–H groups in total. The quantitative estimate of drug-likeness (QED) is 0.704. The molecule has 0 aromatic carbocycles. The van der Waals surface area contributed by atoms with Gasteiger partial charge in [-0.15, -0.1) is 11.6 Å². The first-order valence-electron chi connectivity index (χ1n) is 4.29. The van der Waals surface area contributed by atoms with Gasteiger partial charge in [-0.05, 0) is 12.1 Å². The van der Waals surface area contributed by atoms with Gasteiger partial charge in [0.15, 0.2) is 5.69 Å². The van der Waals surface area contributed by atoms with Crippen LogP contribution in [0.1, 0.15) is 11.5 Å². The van der Waals surface area contributed by atoms with Crippen molar-refractivity contribution in [1.82, 2.24) is 9.38 Å². The molecule has 70 valence electrons. The first-order valence-corrected chi connectivity index (χ1v) is 4.82. The van der Waals surface area contributed by atoms with Crippen molar-refractivity contribution in [3.05, 3.63) is 35.9 Å². The van der Waals surface area contributed by atoms with Crippen molar-refractivity contribution in [3.8, 4) is 6.07 Å². The highest BCUT2D eigenvalue weighted by molar-refractivity contribution is 6.17. The molecule has 0 atom stereocenters. The molecule has 0 saturated heterocycles. The molecule has 0 saturated carbocycles. The van der Waals surface area contributed by atoms with Crippen molar-refractivity contribution >= 4 is 17.1 Å². The van der Waals surface area contributed by atoms with E-state index in [0.29, 0.717) is 18.0 Å². The van der Waals surface area contributed by atoms with Gasteiger partial charge in [0.05, 0.1) is 5.52 Å². The van der Waals surface area contributed by atoms with Gasteiger partial charge < -0.3 is 4.40 Å². The van der Waals surface area contributed by atoms with E-state index in [1.165, 1.54) is 0 Å². The van der Waals surface area contributed by atoms with Crippen LogP contribution in [0, 0.1) is 11.3 Å². The molecular weight excluding hydrogens is 198 g/mol. The zero-order chi connectivity index (χ0) is 9.97. The van der Waals surface area contributed by atoms with E-state index in [0.717, 1.165) is 11.3 Å². The number of nitrogens with zero attached hydrogens (tertiary/aromatic N) is 3. The van der Waals surface area contributed by atoms with Crippen molar-refractivity contribution < 1.29 is 0 Å². The second kappa shape index (κ2) is 3.69. The molecular formula is C10H8ClN3. The summed E-state index contributed by atoms with van der Waals surface area (Å²) in [5, 5.41) is 8.86. The van der Waals surface area contributed by atoms with Crippen LogP contribution in [0.5, 0.6) is 0 Å². The molecule has 0 spiro atoms. The molecule has 0 unspecified atom stereocenters. The number of hydrogen-bond acceptors (Lipinski definition) is 2. The Labute approximate surface area is 86.6 Å². The van der Waals surface area contributed by atoms with Gasteiger partial charge in [0.1, 0.15) is 11.9 Å². The summed E-state index contributed by atoms with van der Waals surface area (Å²) in [7, 11) is 0. The molecule has 0 aliphatic carbocycles. The summed E-state index contributed by atoms with van der Waals surface area (Å²) in [6, 6.07) is 7.75. The highest BCUT2D eigenvalue weighted by Crippen LogP contribution is 2.12. The summed E-state index contributed by atoms with van der Waals surface area (Å²) in [4.78, 5) is 4.21. The molecule has 3 nitrogen and oxygen atoms in total. The number of alkyl halides is 1. The van der Waals surface area contributed by atoms with E-state index in [-0.39, 0.29) is 0 Å². The molecule has 4 heteroatoms. The summed E-state index contributed by atoms with van der Waals surface area (Å²) in [6.07, 6.45) is 2.57. The van der Waals surface area contributed by atoms with E-state index in [1.807, 2.05) is 28.8 Å². The SMILES string of the molecule is N#Cc1nc(CCCl)n2ccccc12. The number of imidazole rings is 1. The minimum Gasteiger partial charge on any atom is -0.302 e. The fourth-order valence-corrected chi connectivity index (χ4v) is 1.61. The molecule has 0 fully saturated rings. The number of aryl methyl sites for hydroxylation is 1. The minimum atomic E-state index is 0.464. The number of aromatic nitrogens is 2. The van der Waals surface area contributed by atoms with Gasteiger partial charge in [-0.1, -0.05) is 6.07 Å². The van der Waals surface area contributed by atoms with Gasteiger partial charge >= 0.3 is 0 Å². The first kappa shape index (κ1) is 9.04. The first-order chi connectivity index (χ1) is 6.86. The van der Waals surface area contributed by atoms with E-state index in [4.69, 9.17) is 16.9 Å². The maximum atomic E-state index is 8.86. The van der Waals surface area contributed by atoms with Gasteiger partial charge in [-0.3, -0.25) is 0 Å². The second-order valence-electron chi connectivity index (χ2n) is 2.88. The number of fused-ring (bicyclic) bond motifs is 1. The maximum absolute atomic E-state index is 8.86. The van der Waals surface area contributed by atoms with Gasteiger partial charge in [0.2, 0.25) is 0 Å². The highest BCUT2D eigenvalue weighted by Gasteiger charge is 2.08. The molecule has 2 heterocycles. The van der Waals surface area contributed by atoms with Crippen molar-refractivity contribution in [2.24, 2.45) is 0 Å². The van der Waals surface area contributed by atoms with Crippen LogP contribution in [0.3, 0.4) is 0 Å². The predicted molar refractivity (Wildman–Crippen MR) is 54.3 cm³/mol. The molecule has 0 amide bonds. The zero-order valence-corrected chi connectivity index (χ0v) is 8.20. The van der Waals surface area contributed by atoms with E-state index in [9.17, 15) is 0 Å². The zero-order valence-electron chi connectivity index (χ0n) is 7.44. The summed E-state index contributed by atoms with van der Waals surface area (Å²) in [5.74, 6) is 1.35. The third kappa shape index (κ3) is 1.34. The fourth-order valence-electron chi connectivity index (χ4n) is 1.44. The average molecular weight is 206 g/mol. The maximum Gasteiger partial charge on any atom is 0.166 e. The lowest BCUT2D eigenvalue weighted by Gasteiger charge is -1.96. The molecule has 0 aliphatic heterocycles. The molecule has 0 bridgehead atoms. The molecule has 0 aliphatic rings. The van der Waals surface area contributed by atoms with Crippen molar-refractivity contribution in [1.29, 1.82) is 5.26 Å². The average Bonchev–Trinajstić information content (AvgIpc) is 2.58. The Morgan fingerprint density at radius 3 is 3.07 bits per heavy atom. The Morgan fingerprint density at radius 1 is 1.50 bits per heavy atom. The van der Waals surface area contributed by atoms with Crippen LogP contribution in [0.15, 0.2) is 24.4 Å². The fraction of sp³-hybridized carbons (Fsp3) is 0.200. The van der Waals surface area contributed by atoms with Crippen LogP contribution < -0.4 is 0 Å². The van der Waals surface area contributed by atoms with Crippen molar-refractivity contribution in [2.45, 2.75) is 6.42 Å². The molecule has 14 heavy (non-hydrogen) atoms. The Kier molecular flexibility index (Phi) is 2.38. The third-order valence-electron chi connectivity index (χ3n) is 2.05. The molecule has 2 aromatic heterocycles. The normalized spacial score (nSPS) is 10.3. The largest absolute Gasteiger partial charge is 0.302 e. The van der Waals surface area contributed by atoms with E-state index in [2.05, 4.69) is 11.1 Å². The predicted octanol–water partition coefficient (Wildman–Crippen LogP) is 1.99. The topological polar surface area (TPSA) is 41.1 Å². The second-order valence-corrected chi connectivity index (χ2v) is 3.26. The van der Waals surface area contributed by atoms with Crippen LogP contribution in [0.4, 0.5) is 0 Å². The van der Waals surface area contributed by atoms with E-state index < -0.39 is 0 Å². The highest BCUT2D eigenvalue weighted by atomic mass is 35.5. The molecule has 2 rings (SSSR count). The van der Waals surface area contributed by atoms with Gasteiger partial charge in [0.25, 0.3) is 0 Å². The number of hydrogen-bond donors (Lipinski definition) is 0. The standard InChI is InChI=1S/C10H8ClN3/c11-5-4-10-13-8(7-12)9-3-1-2-6-14(9)10/h1-3,6H,4-5H2. The lowest BCUT2D eigenvalue weighted by atomic mass is 10.3. The lowest BCUT2D eigenvalue weighted by molar-refractivity contribution is 0.936. The number of pyridine rings is 1. The number of rotatable bonds is 2.